The zero-order valence-corrected chi connectivity index (χ0v) is 9.40. The van der Waals surface area contributed by atoms with Crippen LogP contribution in [0.1, 0.15) is 22.8 Å². The molecule has 0 radical (unpaired) electrons. The minimum Gasteiger partial charge on any atom is -0.463 e. The molecule has 0 heterocycles. The van der Waals surface area contributed by atoms with Crippen molar-refractivity contribution in [2.75, 3.05) is 6.61 Å². The second-order valence-corrected chi connectivity index (χ2v) is 3.26. The van der Waals surface area contributed by atoms with Gasteiger partial charge in [-0.1, -0.05) is 24.3 Å². The van der Waals surface area contributed by atoms with Gasteiger partial charge in [-0.15, -0.1) is 0 Å². The van der Waals surface area contributed by atoms with Gasteiger partial charge in [-0.3, -0.25) is 4.79 Å². The first kappa shape index (κ1) is 12.2. The maximum Gasteiger partial charge on any atom is 0.330 e. The van der Waals surface area contributed by atoms with Crippen LogP contribution in [-0.2, 0) is 9.53 Å². The topological polar surface area (TPSA) is 43.4 Å². The molecule has 0 spiro atoms. The predicted molar refractivity (Wildman–Crippen MR) is 61.3 cm³/mol. The maximum atomic E-state index is 11.7. The lowest BCUT2D eigenvalue weighted by Gasteiger charge is -2.00. The standard InChI is InChI=1S/C13H14O3/c1-3-16-13(15)9-8-12(14)11-7-5-4-6-10(11)2/h4-9H,3H2,1-2H3. The molecular weight excluding hydrogens is 204 g/mol. The minimum atomic E-state index is -0.496. The summed E-state index contributed by atoms with van der Waals surface area (Å²) < 4.78 is 4.68. The number of carbonyl (C=O) groups excluding carboxylic acids is 2. The molecule has 0 bridgehead atoms. The van der Waals surface area contributed by atoms with E-state index in [0.717, 1.165) is 11.6 Å². The van der Waals surface area contributed by atoms with Gasteiger partial charge in [-0.25, -0.2) is 4.79 Å². The summed E-state index contributed by atoms with van der Waals surface area (Å²) >= 11 is 0. The van der Waals surface area contributed by atoms with Crippen molar-refractivity contribution in [1.82, 2.24) is 0 Å². The molecule has 0 saturated heterocycles. The molecule has 16 heavy (non-hydrogen) atoms. The predicted octanol–water partition coefficient (Wildman–Crippen LogP) is 2.30. The van der Waals surface area contributed by atoms with Crippen molar-refractivity contribution in [2.45, 2.75) is 13.8 Å². The smallest absolute Gasteiger partial charge is 0.330 e. The molecule has 0 aliphatic heterocycles. The van der Waals surface area contributed by atoms with Crippen LogP contribution in [0.2, 0.25) is 0 Å². The average molecular weight is 218 g/mol. The zero-order valence-electron chi connectivity index (χ0n) is 9.40. The Morgan fingerprint density at radius 1 is 1.25 bits per heavy atom. The summed E-state index contributed by atoms with van der Waals surface area (Å²) in [6, 6.07) is 7.23. The molecule has 3 heteroatoms. The summed E-state index contributed by atoms with van der Waals surface area (Å²) in [5.41, 5.74) is 1.49. The third-order valence-corrected chi connectivity index (χ3v) is 2.07. The Morgan fingerprint density at radius 2 is 1.94 bits per heavy atom. The van der Waals surface area contributed by atoms with Crippen LogP contribution in [0.3, 0.4) is 0 Å². The Balaban J connectivity index is 2.73. The van der Waals surface area contributed by atoms with Crippen LogP contribution in [0.4, 0.5) is 0 Å². The van der Waals surface area contributed by atoms with Crippen molar-refractivity contribution in [3.8, 4) is 0 Å². The van der Waals surface area contributed by atoms with E-state index in [-0.39, 0.29) is 5.78 Å². The molecule has 84 valence electrons. The molecule has 0 aromatic heterocycles. The number of carbonyl (C=O) groups is 2. The van der Waals surface area contributed by atoms with E-state index < -0.39 is 5.97 Å². The highest BCUT2D eigenvalue weighted by Gasteiger charge is 2.05. The van der Waals surface area contributed by atoms with E-state index in [2.05, 4.69) is 4.74 Å². The van der Waals surface area contributed by atoms with Gasteiger partial charge in [0.25, 0.3) is 0 Å². The third kappa shape index (κ3) is 3.35. The Hall–Kier alpha value is -1.90. The molecule has 0 aliphatic rings. The number of hydrogen-bond acceptors (Lipinski definition) is 3. The molecule has 1 aromatic rings. The van der Waals surface area contributed by atoms with Gasteiger partial charge in [0.15, 0.2) is 5.78 Å². The fraction of sp³-hybridized carbons (Fsp3) is 0.231. The van der Waals surface area contributed by atoms with Gasteiger partial charge >= 0.3 is 5.97 Å². The highest BCUT2D eigenvalue weighted by molar-refractivity contribution is 6.07. The molecule has 1 aromatic carbocycles. The van der Waals surface area contributed by atoms with Gasteiger partial charge in [0.1, 0.15) is 0 Å². The van der Waals surface area contributed by atoms with E-state index in [9.17, 15) is 9.59 Å². The van der Waals surface area contributed by atoms with Crippen LogP contribution >= 0.6 is 0 Å². The van der Waals surface area contributed by atoms with Gasteiger partial charge in [-0.05, 0) is 25.5 Å². The molecule has 0 fully saturated rings. The fourth-order valence-electron chi connectivity index (χ4n) is 1.27. The average Bonchev–Trinajstić information content (AvgIpc) is 2.27. The van der Waals surface area contributed by atoms with E-state index in [4.69, 9.17) is 0 Å². The zero-order chi connectivity index (χ0) is 12.0. The molecule has 3 nitrogen and oxygen atoms in total. The van der Waals surface area contributed by atoms with Crippen LogP contribution < -0.4 is 0 Å². The summed E-state index contributed by atoms with van der Waals surface area (Å²) in [6.45, 7) is 3.88. The quantitative estimate of drug-likeness (QED) is 0.442. The minimum absolute atomic E-state index is 0.189. The van der Waals surface area contributed by atoms with Crippen molar-refractivity contribution in [2.24, 2.45) is 0 Å². The number of esters is 1. The maximum absolute atomic E-state index is 11.7. The van der Waals surface area contributed by atoms with Crippen LogP contribution in [0.25, 0.3) is 0 Å². The summed E-state index contributed by atoms with van der Waals surface area (Å²) in [6.07, 6.45) is 2.39. The Bertz CT molecular complexity index is 419. The number of aryl methyl sites for hydroxylation is 1. The molecule has 0 saturated carbocycles. The normalized spacial score (nSPS) is 10.4. The lowest BCUT2D eigenvalue weighted by Crippen LogP contribution is -2.02. The van der Waals surface area contributed by atoms with E-state index in [1.807, 2.05) is 19.1 Å². The fourth-order valence-corrected chi connectivity index (χ4v) is 1.27. The summed E-state index contributed by atoms with van der Waals surface area (Å²) in [5, 5.41) is 0. The van der Waals surface area contributed by atoms with Crippen LogP contribution in [0.15, 0.2) is 36.4 Å². The number of benzene rings is 1. The van der Waals surface area contributed by atoms with Crippen molar-refractivity contribution < 1.29 is 14.3 Å². The molecule has 0 atom stereocenters. The number of hydrogen-bond donors (Lipinski definition) is 0. The number of allylic oxidation sites excluding steroid dienone is 1. The van der Waals surface area contributed by atoms with E-state index in [1.165, 1.54) is 6.08 Å². The van der Waals surface area contributed by atoms with Crippen LogP contribution in [-0.4, -0.2) is 18.4 Å². The van der Waals surface area contributed by atoms with Gasteiger partial charge in [0, 0.05) is 11.6 Å². The molecular formula is C13H14O3. The van der Waals surface area contributed by atoms with Crippen molar-refractivity contribution in [3.05, 3.63) is 47.5 Å². The SMILES string of the molecule is CCOC(=O)C=CC(=O)c1ccccc1C. The molecule has 1 rings (SSSR count). The van der Waals surface area contributed by atoms with Crippen LogP contribution in [0.5, 0.6) is 0 Å². The number of rotatable bonds is 4. The molecule has 0 amide bonds. The van der Waals surface area contributed by atoms with Crippen molar-refractivity contribution >= 4 is 11.8 Å². The van der Waals surface area contributed by atoms with Gasteiger partial charge in [-0.2, -0.15) is 0 Å². The Morgan fingerprint density at radius 3 is 2.56 bits per heavy atom. The van der Waals surface area contributed by atoms with Gasteiger partial charge < -0.3 is 4.74 Å². The molecule has 0 N–H and O–H groups in total. The van der Waals surface area contributed by atoms with Gasteiger partial charge in [0.2, 0.25) is 0 Å². The highest BCUT2D eigenvalue weighted by Crippen LogP contribution is 2.08. The first-order valence-electron chi connectivity index (χ1n) is 5.10. The first-order chi connectivity index (χ1) is 7.65. The Labute approximate surface area is 94.7 Å². The molecule has 0 aliphatic carbocycles. The van der Waals surface area contributed by atoms with E-state index in [0.29, 0.717) is 12.2 Å². The lowest BCUT2D eigenvalue weighted by molar-refractivity contribution is -0.137. The largest absolute Gasteiger partial charge is 0.463 e. The summed E-state index contributed by atoms with van der Waals surface area (Å²) in [7, 11) is 0. The highest BCUT2D eigenvalue weighted by atomic mass is 16.5. The van der Waals surface area contributed by atoms with Gasteiger partial charge in [0.05, 0.1) is 6.61 Å². The van der Waals surface area contributed by atoms with Crippen LogP contribution in [0, 0.1) is 6.92 Å². The Kier molecular flexibility index (Phi) is 4.45. The third-order valence-electron chi connectivity index (χ3n) is 2.07. The first-order valence-corrected chi connectivity index (χ1v) is 5.10. The number of ether oxygens (including phenoxy) is 1. The molecule has 0 unspecified atom stereocenters. The summed E-state index contributed by atoms with van der Waals surface area (Å²) in [4.78, 5) is 22.7. The monoisotopic (exact) mass is 218 g/mol. The summed E-state index contributed by atoms with van der Waals surface area (Å²) in [5.74, 6) is -0.685. The second kappa shape index (κ2) is 5.85. The van der Waals surface area contributed by atoms with E-state index in [1.54, 1.807) is 19.1 Å². The lowest BCUT2D eigenvalue weighted by atomic mass is 10.0. The second-order valence-electron chi connectivity index (χ2n) is 3.26. The van der Waals surface area contributed by atoms with E-state index >= 15 is 0 Å². The van der Waals surface area contributed by atoms with Crippen molar-refractivity contribution in [1.29, 1.82) is 0 Å². The number of ketones is 1. The van der Waals surface area contributed by atoms with Crippen molar-refractivity contribution in [3.63, 3.8) is 0 Å².